The maximum atomic E-state index is 13.2. The first kappa shape index (κ1) is 12.7. The number of nitrogens with zero attached hydrogens (tertiary/aromatic N) is 1. The molecule has 0 atom stereocenters. The van der Waals surface area contributed by atoms with Gasteiger partial charge in [0.15, 0.2) is 11.6 Å². The predicted molar refractivity (Wildman–Crippen MR) is 57.0 cm³/mol. The summed E-state index contributed by atoms with van der Waals surface area (Å²) >= 11 is 4.94. The molecule has 16 heavy (non-hydrogen) atoms. The van der Waals surface area contributed by atoms with E-state index in [1.807, 2.05) is 0 Å². The van der Waals surface area contributed by atoms with E-state index in [1.54, 1.807) is 13.8 Å². The molecule has 0 bridgehead atoms. The Morgan fingerprint density at radius 2 is 2.12 bits per heavy atom. The van der Waals surface area contributed by atoms with Gasteiger partial charge in [0.05, 0.1) is 11.8 Å². The third-order valence-electron chi connectivity index (χ3n) is 1.66. The van der Waals surface area contributed by atoms with Gasteiger partial charge in [0.2, 0.25) is 0 Å². The largest absolute Gasteiger partial charge is 0.488 e. The molecule has 0 radical (unpaired) electrons. The Labute approximate surface area is 96.5 Å². The fraction of sp³-hybridized carbons (Fsp3) is 0.300. The Kier molecular flexibility index (Phi) is 4.06. The van der Waals surface area contributed by atoms with Crippen LogP contribution in [0.15, 0.2) is 18.2 Å². The van der Waals surface area contributed by atoms with Gasteiger partial charge in [-0.1, -0.05) is 4.48 Å². The number of halogens is 3. The Hall–Kier alpha value is -1.36. The SMILES string of the molecule is CC(C)Oc1cc(N(F)C(=O)Cl)ccc1F. The minimum absolute atomic E-state index is 0.131. The molecule has 0 fully saturated rings. The van der Waals surface area contributed by atoms with Crippen LogP contribution in [0, 0.1) is 5.82 Å². The van der Waals surface area contributed by atoms with Crippen LogP contribution in [0.5, 0.6) is 5.75 Å². The molecule has 0 aromatic heterocycles. The van der Waals surface area contributed by atoms with E-state index in [9.17, 15) is 13.7 Å². The molecular weight excluding hydrogens is 240 g/mol. The second kappa shape index (κ2) is 5.12. The standard InChI is InChI=1S/C10H10ClF2NO2/c1-6(2)16-9-5-7(3-4-8(9)12)14(13)10(11)15/h3-6H,1-2H3. The quantitative estimate of drug-likeness (QED) is 0.465. The summed E-state index contributed by atoms with van der Waals surface area (Å²) in [6.45, 7) is 3.40. The first-order chi connectivity index (χ1) is 7.41. The smallest absolute Gasteiger partial charge is 0.349 e. The Morgan fingerprint density at radius 1 is 1.50 bits per heavy atom. The lowest BCUT2D eigenvalue weighted by Gasteiger charge is -2.13. The minimum atomic E-state index is -1.30. The summed E-state index contributed by atoms with van der Waals surface area (Å²) in [5.74, 6) is -0.763. The van der Waals surface area contributed by atoms with E-state index in [1.165, 1.54) is 0 Å². The highest BCUT2D eigenvalue weighted by molar-refractivity contribution is 6.65. The summed E-state index contributed by atoms with van der Waals surface area (Å²) in [6, 6.07) is 3.15. The highest BCUT2D eigenvalue weighted by Crippen LogP contribution is 2.26. The monoisotopic (exact) mass is 249 g/mol. The molecule has 0 unspecified atom stereocenters. The summed E-state index contributed by atoms with van der Waals surface area (Å²) < 4.78 is 31.4. The molecule has 3 nitrogen and oxygen atoms in total. The third-order valence-corrected chi connectivity index (χ3v) is 1.81. The molecule has 88 valence electrons. The first-order valence-electron chi connectivity index (χ1n) is 4.53. The highest BCUT2D eigenvalue weighted by Gasteiger charge is 2.15. The molecule has 1 aromatic rings. The van der Waals surface area contributed by atoms with Gasteiger partial charge in [0.1, 0.15) is 0 Å². The Bertz CT molecular complexity index is 398. The van der Waals surface area contributed by atoms with E-state index in [-0.39, 0.29) is 22.7 Å². The van der Waals surface area contributed by atoms with Gasteiger partial charge in [-0.15, -0.1) is 5.12 Å². The molecule has 0 N–H and O–H groups in total. The number of ether oxygens (including phenoxy) is 1. The molecule has 0 aliphatic heterocycles. The van der Waals surface area contributed by atoms with Gasteiger partial charge >= 0.3 is 5.37 Å². The molecule has 0 aliphatic carbocycles. The fourth-order valence-electron chi connectivity index (χ4n) is 1.06. The fourth-order valence-corrected chi connectivity index (χ4v) is 1.16. The van der Waals surface area contributed by atoms with Crippen LogP contribution < -0.4 is 9.86 Å². The van der Waals surface area contributed by atoms with Gasteiger partial charge < -0.3 is 4.74 Å². The van der Waals surface area contributed by atoms with Gasteiger partial charge in [-0.25, -0.2) is 4.39 Å². The minimum Gasteiger partial charge on any atom is -0.488 e. The maximum absolute atomic E-state index is 13.2. The van der Waals surface area contributed by atoms with Gasteiger partial charge in [0.25, 0.3) is 0 Å². The van der Waals surface area contributed by atoms with E-state index in [4.69, 9.17) is 16.3 Å². The van der Waals surface area contributed by atoms with Crippen LogP contribution in [0.2, 0.25) is 0 Å². The van der Waals surface area contributed by atoms with Crippen LogP contribution >= 0.6 is 11.6 Å². The van der Waals surface area contributed by atoms with Crippen molar-refractivity contribution in [1.29, 1.82) is 0 Å². The lowest BCUT2D eigenvalue weighted by molar-refractivity contribution is 0.231. The van der Waals surface area contributed by atoms with E-state index >= 15 is 0 Å². The molecule has 6 heteroatoms. The molecule has 0 aliphatic rings. The average molecular weight is 250 g/mol. The number of carbonyl (C=O) groups is 1. The summed E-state index contributed by atoms with van der Waals surface area (Å²) in [7, 11) is 0. The van der Waals surface area contributed by atoms with Gasteiger partial charge in [-0.3, -0.25) is 4.79 Å². The molecule has 0 heterocycles. The van der Waals surface area contributed by atoms with Crippen LogP contribution in [0.4, 0.5) is 19.4 Å². The van der Waals surface area contributed by atoms with E-state index in [0.717, 1.165) is 18.2 Å². The van der Waals surface area contributed by atoms with Crippen molar-refractivity contribution in [2.45, 2.75) is 20.0 Å². The average Bonchev–Trinajstić information content (AvgIpc) is 2.19. The molecule has 1 amide bonds. The molecule has 0 spiro atoms. The second-order valence-electron chi connectivity index (χ2n) is 3.32. The predicted octanol–water partition coefficient (Wildman–Crippen LogP) is 3.66. The van der Waals surface area contributed by atoms with Crippen molar-refractivity contribution >= 4 is 22.7 Å². The number of rotatable bonds is 3. The highest BCUT2D eigenvalue weighted by atomic mass is 35.5. The molecule has 1 aromatic carbocycles. The van der Waals surface area contributed by atoms with Crippen molar-refractivity contribution < 1.29 is 18.4 Å². The van der Waals surface area contributed by atoms with Crippen LogP contribution in [-0.4, -0.2) is 11.5 Å². The van der Waals surface area contributed by atoms with Gasteiger partial charge in [-0.2, -0.15) is 0 Å². The summed E-state index contributed by atoms with van der Waals surface area (Å²) in [5.41, 5.74) is -0.183. The van der Waals surface area contributed by atoms with E-state index < -0.39 is 11.2 Å². The molecule has 1 rings (SSSR count). The Balaban J connectivity index is 3.02. The van der Waals surface area contributed by atoms with Crippen molar-refractivity contribution in [3.05, 3.63) is 24.0 Å². The van der Waals surface area contributed by atoms with Crippen molar-refractivity contribution in [1.82, 2.24) is 0 Å². The lowest BCUT2D eigenvalue weighted by atomic mass is 10.3. The molecule has 0 saturated carbocycles. The Morgan fingerprint density at radius 3 is 2.62 bits per heavy atom. The van der Waals surface area contributed by atoms with Crippen molar-refractivity contribution in [3.8, 4) is 5.75 Å². The number of amides is 1. The second-order valence-corrected chi connectivity index (χ2v) is 3.64. The number of hydrogen-bond acceptors (Lipinski definition) is 2. The lowest BCUT2D eigenvalue weighted by Crippen LogP contribution is -2.15. The van der Waals surface area contributed by atoms with Crippen LogP contribution in [0.1, 0.15) is 13.8 Å². The van der Waals surface area contributed by atoms with Crippen molar-refractivity contribution in [3.63, 3.8) is 0 Å². The number of anilines is 1. The van der Waals surface area contributed by atoms with E-state index in [0.29, 0.717) is 0 Å². The normalized spacial score (nSPS) is 10.4. The third kappa shape index (κ3) is 3.06. The summed E-state index contributed by atoms with van der Waals surface area (Å²) in [5, 5.41) is -1.60. The van der Waals surface area contributed by atoms with Crippen LogP contribution in [0.3, 0.4) is 0 Å². The topological polar surface area (TPSA) is 29.5 Å². The molecule has 0 saturated heterocycles. The number of benzene rings is 1. The zero-order valence-corrected chi connectivity index (χ0v) is 9.46. The van der Waals surface area contributed by atoms with E-state index in [2.05, 4.69) is 0 Å². The van der Waals surface area contributed by atoms with Crippen LogP contribution in [0.25, 0.3) is 0 Å². The van der Waals surface area contributed by atoms with Crippen molar-refractivity contribution in [2.24, 2.45) is 0 Å². The van der Waals surface area contributed by atoms with Crippen LogP contribution in [-0.2, 0) is 0 Å². The van der Waals surface area contributed by atoms with Gasteiger partial charge in [-0.05, 0) is 37.6 Å². The van der Waals surface area contributed by atoms with Crippen molar-refractivity contribution in [2.75, 3.05) is 5.12 Å². The summed E-state index contributed by atoms with van der Waals surface area (Å²) in [6.07, 6.45) is -0.260. The molecular formula is C10H10ClF2NO2. The maximum Gasteiger partial charge on any atom is 0.349 e. The zero-order valence-electron chi connectivity index (χ0n) is 8.71. The summed E-state index contributed by atoms with van der Waals surface area (Å²) in [4.78, 5) is 10.5. The van der Waals surface area contributed by atoms with Gasteiger partial charge in [0, 0.05) is 6.07 Å². The number of carbonyl (C=O) groups excluding carboxylic acids is 1. The first-order valence-corrected chi connectivity index (χ1v) is 4.91. The zero-order chi connectivity index (χ0) is 12.3. The number of hydrogen-bond donors (Lipinski definition) is 0.